The Kier molecular flexibility index (Phi) is 5.48. The number of rotatable bonds is 5. The summed E-state index contributed by atoms with van der Waals surface area (Å²) in [5.41, 5.74) is 3.12. The molecule has 0 bridgehead atoms. The lowest BCUT2D eigenvalue weighted by Gasteiger charge is -2.15. The molecule has 0 fully saturated rings. The molecule has 2 aromatic rings. The van der Waals surface area contributed by atoms with Gasteiger partial charge in [-0.2, -0.15) is 0 Å². The van der Waals surface area contributed by atoms with Crippen LogP contribution in [0.2, 0.25) is 0 Å². The number of methoxy groups -OCH3 is 1. The minimum atomic E-state index is -3.80. The minimum absolute atomic E-state index is 0.0878. The molecule has 3 rings (SSSR count). The van der Waals surface area contributed by atoms with Gasteiger partial charge >= 0.3 is 0 Å². The highest BCUT2D eigenvalue weighted by Gasteiger charge is 2.21. The molecule has 0 atom stereocenters. The highest BCUT2D eigenvalue weighted by atomic mass is 32.2. The fourth-order valence-corrected chi connectivity index (χ4v) is 4.22. The molecule has 144 valence electrons. The Balaban J connectivity index is 1.93. The third kappa shape index (κ3) is 4.28. The summed E-state index contributed by atoms with van der Waals surface area (Å²) in [6.07, 6.45) is 1.76. The van der Waals surface area contributed by atoms with Crippen molar-refractivity contribution in [3.05, 3.63) is 52.4 Å². The fourth-order valence-electron chi connectivity index (χ4n) is 3.15. The van der Waals surface area contributed by atoms with Gasteiger partial charge in [0.25, 0.3) is 15.7 Å². The van der Waals surface area contributed by atoms with Crippen LogP contribution in [0.25, 0.3) is 0 Å². The number of nitrogens with one attached hydrogen (secondary N) is 1. The summed E-state index contributed by atoms with van der Waals surface area (Å²) in [5, 5.41) is 0. The van der Waals surface area contributed by atoms with Gasteiger partial charge in [-0.05, 0) is 55.3 Å². The molecule has 0 saturated heterocycles. The van der Waals surface area contributed by atoms with Crippen molar-refractivity contribution in [2.24, 2.45) is 0 Å². The van der Waals surface area contributed by atoms with Crippen LogP contribution in [0.5, 0.6) is 5.75 Å². The van der Waals surface area contributed by atoms with Crippen molar-refractivity contribution in [2.75, 3.05) is 39.0 Å². The van der Waals surface area contributed by atoms with Gasteiger partial charge in [0, 0.05) is 34.9 Å². The average Bonchev–Trinajstić information content (AvgIpc) is 2.82. The standard InChI is InChI=1S/C19H24N3O4S/c1-21-10-8-14-12-18(19(26-3)13-15(14)9-11-21)20-27(24,25)17-6-4-16(5-7-17)22(2)23/h4-7,12-13,20H,8-11H2,1-3H3/q+1. The molecular formula is C19H24N3O4S+. The topological polar surface area (TPSA) is 78.7 Å². The molecule has 7 nitrogen and oxygen atoms in total. The molecule has 2 aromatic carbocycles. The lowest BCUT2D eigenvalue weighted by atomic mass is 10.0. The Bertz CT molecular complexity index is 956. The summed E-state index contributed by atoms with van der Waals surface area (Å²) in [6.45, 7) is 1.89. The molecular weight excluding hydrogens is 366 g/mol. The Morgan fingerprint density at radius 1 is 1.07 bits per heavy atom. The van der Waals surface area contributed by atoms with Crippen LogP contribution in [0, 0.1) is 4.91 Å². The van der Waals surface area contributed by atoms with Crippen molar-refractivity contribution in [1.82, 2.24) is 4.90 Å². The van der Waals surface area contributed by atoms with Gasteiger partial charge in [-0.3, -0.25) is 4.72 Å². The van der Waals surface area contributed by atoms with Gasteiger partial charge < -0.3 is 9.64 Å². The van der Waals surface area contributed by atoms with Gasteiger partial charge in [-0.1, -0.05) is 0 Å². The zero-order valence-electron chi connectivity index (χ0n) is 15.7. The number of fused-ring (bicyclic) bond motifs is 1. The van der Waals surface area contributed by atoms with Gasteiger partial charge in [0.1, 0.15) is 5.75 Å². The Labute approximate surface area is 159 Å². The first-order chi connectivity index (χ1) is 12.8. The van der Waals surface area contributed by atoms with Crippen LogP contribution < -0.4 is 9.46 Å². The predicted octanol–water partition coefficient (Wildman–Crippen LogP) is 2.57. The highest BCUT2D eigenvalue weighted by Crippen LogP contribution is 2.32. The Morgan fingerprint density at radius 3 is 2.22 bits per heavy atom. The fraction of sp³-hybridized carbons (Fsp3) is 0.368. The van der Waals surface area contributed by atoms with E-state index in [1.165, 1.54) is 44.0 Å². The molecule has 0 spiro atoms. The van der Waals surface area contributed by atoms with E-state index in [1.54, 1.807) is 0 Å². The smallest absolute Gasteiger partial charge is 0.262 e. The summed E-state index contributed by atoms with van der Waals surface area (Å²) in [5.74, 6) is 0.498. The number of hydrogen-bond donors (Lipinski definition) is 1. The first kappa shape index (κ1) is 19.3. The number of nitrogens with zero attached hydrogens (tertiary/aromatic N) is 2. The van der Waals surface area contributed by atoms with E-state index in [4.69, 9.17) is 4.74 Å². The molecule has 8 heteroatoms. The molecule has 0 aromatic heterocycles. The summed E-state index contributed by atoms with van der Waals surface area (Å²) < 4.78 is 34.3. The molecule has 0 radical (unpaired) electrons. The number of benzene rings is 2. The normalized spacial score (nSPS) is 14.9. The summed E-state index contributed by atoms with van der Waals surface area (Å²) in [4.78, 5) is 13.6. The van der Waals surface area contributed by atoms with Gasteiger partial charge in [-0.15, -0.1) is 0 Å². The van der Waals surface area contributed by atoms with E-state index >= 15 is 0 Å². The monoisotopic (exact) mass is 390 g/mol. The molecule has 1 heterocycles. The lowest BCUT2D eigenvalue weighted by molar-refractivity contribution is -0.428. The molecule has 27 heavy (non-hydrogen) atoms. The first-order valence-electron chi connectivity index (χ1n) is 8.72. The van der Waals surface area contributed by atoms with Crippen molar-refractivity contribution in [3.63, 3.8) is 0 Å². The third-order valence-electron chi connectivity index (χ3n) is 4.80. The second-order valence-electron chi connectivity index (χ2n) is 6.72. The SMILES string of the molecule is COc1cc2c(cc1NS(=O)(=O)c1ccc([N+](C)=O)cc1)CCN(C)CC2. The van der Waals surface area contributed by atoms with Crippen LogP contribution in [0.1, 0.15) is 11.1 Å². The van der Waals surface area contributed by atoms with Gasteiger partial charge in [0.15, 0.2) is 7.05 Å². The zero-order chi connectivity index (χ0) is 19.6. The quantitative estimate of drug-likeness (QED) is 0.794. The van der Waals surface area contributed by atoms with Crippen molar-refractivity contribution in [3.8, 4) is 5.75 Å². The second-order valence-corrected chi connectivity index (χ2v) is 8.40. The largest absolute Gasteiger partial charge is 0.495 e. The van der Waals surface area contributed by atoms with Crippen LogP contribution in [0.3, 0.4) is 0 Å². The van der Waals surface area contributed by atoms with Crippen molar-refractivity contribution in [2.45, 2.75) is 17.7 Å². The number of nitroso groups, excluding NO2 is 1. The molecule has 0 aliphatic carbocycles. The van der Waals surface area contributed by atoms with Crippen LogP contribution >= 0.6 is 0 Å². The number of likely N-dealkylation sites (N-methyl/N-ethyl adjacent to an activating group) is 1. The summed E-state index contributed by atoms with van der Waals surface area (Å²) >= 11 is 0. The van der Waals surface area contributed by atoms with Gasteiger partial charge in [0.2, 0.25) is 0 Å². The Morgan fingerprint density at radius 2 is 1.67 bits per heavy atom. The number of sulfonamides is 1. The molecule has 1 N–H and O–H groups in total. The number of anilines is 1. The maximum absolute atomic E-state index is 12.8. The van der Waals surface area contributed by atoms with Crippen molar-refractivity contribution < 1.29 is 17.9 Å². The van der Waals surface area contributed by atoms with E-state index in [-0.39, 0.29) is 4.90 Å². The van der Waals surface area contributed by atoms with Gasteiger partial charge in [0.05, 0.1) is 17.7 Å². The van der Waals surface area contributed by atoms with E-state index < -0.39 is 10.0 Å². The average molecular weight is 390 g/mol. The van der Waals surface area contributed by atoms with E-state index in [0.717, 1.165) is 31.5 Å². The maximum Gasteiger partial charge on any atom is 0.262 e. The van der Waals surface area contributed by atoms with Gasteiger partial charge in [-0.25, -0.2) is 8.42 Å². The molecule has 0 saturated carbocycles. The zero-order valence-corrected chi connectivity index (χ0v) is 16.5. The second kappa shape index (κ2) is 7.66. The first-order valence-corrected chi connectivity index (χ1v) is 10.2. The lowest BCUT2D eigenvalue weighted by Crippen LogP contribution is -2.20. The van der Waals surface area contributed by atoms with Crippen LogP contribution in [0.15, 0.2) is 41.3 Å². The summed E-state index contributed by atoms with van der Waals surface area (Å²) in [6, 6.07) is 9.57. The van der Waals surface area contributed by atoms with E-state index in [1.807, 2.05) is 12.1 Å². The van der Waals surface area contributed by atoms with Crippen LogP contribution in [-0.2, 0) is 22.9 Å². The van der Waals surface area contributed by atoms with Crippen molar-refractivity contribution in [1.29, 1.82) is 0 Å². The van der Waals surface area contributed by atoms with Crippen molar-refractivity contribution >= 4 is 21.4 Å². The summed E-state index contributed by atoms with van der Waals surface area (Å²) in [7, 11) is 1.17. The van der Waals surface area contributed by atoms with E-state index in [2.05, 4.69) is 16.7 Å². The molecule has 1 aliphatic rings. The van der Waals surface area contributed by atoms with Crippen LogP contribution in [-0.4, -0.2) is 52.4 Å². The highest BCUT2D eigenvalue weighted by molar-refractivity contribution is 7.92. The molecule has 1 aliphatic heterocycles. The minimum Gasteiger partial charge on any atom is -0.495 e. The maximum atomic E-state index is 12.8. The number of hydrogen-bond acceptors (Lipinski definition) is 5. The van der Waals surface area contributed by atoms with E-state index in [9.17, 15) is 13.3 Å². The van der Waals surface area contributed by atoms with E-state index in [0.29, 0.717) is 21.9 Å². The molecule has 0 amide bonds. The Hall–Kier alpha value is -2.45. The third-order valence-corrected chi connectivity index (χ3v) is 6.18. The molecule has 0 unspecified atom stereocenters. The number of ether oxygens (including phenoxy) is 1. The van der Waals surface area contributed by atoms with Crippen LogP contribution in [0.4, 0.5) is 11.4 Å². The predicted molar refractivity (Wildman–Crippen MR) is 104 cm³/mol.